The number of carboxylic acids is 1. The van der Waals surface area contributed by atoms with Crippen LogP contribution >= 0.6 is 0 Å². The van der Waals surface area contributed by atoms with Crippen molar-refractivity contribution in [2.75, 3.05) is 19.7 Å². The molecular formula is C25H24NO6-. The molecule has 1 fully saturated rings. The van der Waals surface area contributed by atoms with Crippen molar-refractivity contribution in [2.24, 2.45) is 0 Å². The Morgan fingerprint density at radius 2 is 1.78 bits per heavy atom. The Hall–Kier alpha value is -3.61. The molecule has 0 unspecified atom stereocenters. The number of aliphatic carboxylic acids is 1. The maximum Gasteiger partial charge on any atom is 0.336 e. The second kappa shape index (κ2) is 8.49. The van der Waals surface area contributed by atoms with Crippen molar-refractivity contribution in [3.8, 4) is 5.75 Å². The average molecular weight is 434 g/mol. The van der Waals surface area contributed by atoms with E-state index in [4.69, 9.17) is 9.15 Å². The Morgan fingerprint density at radius 3 is 2.44 bits per heavy atom. The van der Waals surface area contributed by atoms with Crippen molar-refractivity contribution in [1.82, 2.24) is 4.90 Å². The third-order valence-electron chi connectivity index (χ3n) is 6.36. The quantitative estimate of drug-likeness (QED) is 0.570. The minimum absolute atomic E-state index is 0.188. The predicted molar refractivity (Wildman–Crippen MR) is 116 cm³/mol. The summed E-state index contributed by atoms with van der Waals surface area (Å²) < 4.78 is 11.1. The Morgan fingerprint density at radius 1 is 1.09 bits per heavy atom. The molecule has 1 aromatic heterocycles. The summed E-state index contributed by atoms with van der Waals surface area (Å²) in [5.41, 5.74) is 1.07. The molecule has 1 aliphatic heterocycles. The smallest absolute Gasteiger partial charge is 0.336 e. The fourth-order valence-corrected chi connectivity index (χ4v) is 4.39. The minimum Gasteiger partial charge on any atom is -0.549 e. The van der Waals surface area contributed by atoms with Gasteiger partial charge in [0, 0.05) is 35.5 Å². The lowest BCUT2D eigenvalue weighted by molar-refractivity contribution is -0.315. The van der Waals surface area contributed by atoms with Gasteiger partial charge in [0.2, 0.25) is 0 Å². The summed E-state index contributed by atoms with van der Waals surface area (Å²) in [4.78, 5) is 38.1. The van der Waals surface area contributed by atoms with Gasteiger partial charge in [-0.3, -0.25) is 4.79 Å². The van der Waals surface area contributed by atoms with Gasteiger partial charge in [0.25, 0.3) is 5.91 Å². The highest BCUT2D eigenvalue weighted by molar-refractivity contribution is 5.85. The summed E-state index contributed by atoms with van der Waals surface area (Å²) in [5, 5.41) is 12.8. The number of piperidine rings is 1. The van der Waals surface area contributed by atoms with Crippen molar-refractivity contribution in [2.45, 2.75) is 32.1 Å². The molecule has 1 aliphatic rings. The number of aryl methyl sites for hydroxylation is 2. The van der Waals surface area contributed by atoms with Crippen LogP contribution in [-0.4, -0.2) is 36.5 Å². The van der Waals surface area contributed by atoms with Gasteiger partial charge in [-0.1, -0.05) is 30.3 Å². The molecule has 2 aromatic carbocycles. The van der Waals surface area contributed by atoms with E-state index in [1.54, 1.807) is 48.2 Å². The number of hydrogen-bond donors (Lipinski definition) is 0. The van der Waals surface area contributed by atoms with E-state index in [0.29, 0.717) is 35.5 Å². The lowest BCUT2D eigenvalue weighted by Gasteiger charge is -2.42. The molecule has 32 heavy (non-hydrogen) atoms. The molecular weight excluding hydrogens is 410 g/mol. The van der Waals surface area contributed by atoms with Crippen LogP contribution < -0.4 is 15.5 Å². The molecule has 7 nitrogen and oxygen atoms in total. The van der Waals surface area contributed by atoms with Gasteiger partial charge in [-0.05, 0) is 49.9 Å². The molecule has 2 heterocycles. The molecule has 0 atom stereocenters. The molecule has 0 aliphatic carbocycles. The molecule has 1 amide bonds. The van der Waals surface area contributed by atoms with Gasteiger partial charge < -0.3 is 24.0 Å². The number of fused-ring (bicyclic) bond motifs is 1. The summed E-state index contributed by atoms with van der Waals surface area (Å²) in [6.07, 6.45) is 0.565. The highest BCUT2D eigenvalue weighted by Gasteiger charge is 2.38. The number of ether oxygens (including phenoxy) is 1. The van der Waals surface area contributed by atoms with E-state index < -0.39 is 17.0 Å². The van der Waals surface area contributed by atoms with Crippen LogP contribution in [0.15, 0.2) is 57.7 Å². The third kappa shape index (κ3) is 3.86. The summed E-state index contributed by atoms with van der Waals surface area (Å²) in [6.45, 7) is 4.03. The van der Waals surface area contributed by atoms with Gasteiger partial charge in [0.05, 0.1) is 5.97 Å². The lowest BCUT2D eigenvalue weighted by atomic mass is 9.73. The van der Waals surface area contributed by atoms with Gasteiger partial charge in [0.1, 0.15) is 11.3 Å². The van der Waals surface area contributed by atoms with Gasteiger partial charge >= 0.3 is 5.63 Å². The van der Waals surface area contributed by atoms with Crippen molar-refractivity contribution in [3.63, 3.8) is 0 Å². The number of carbonyl (C=O) groups excluding carboxylic acids is 2. The molecule has 7 heteroatoms. The van der Waals surface area contributed by atoms with E-state index >= 15 is 0 Å². The van der Waals surface area contributed by atoms with E-state index in [-0.39, 0.29) is 25.4 Å². The van der Waals surface area contributed by atoms with Crippen LogP contribution in [0, 0.1) is 13.8 Å². The largest absolute Gasteiger partial charge is 0.549 e. The zero-order valence-corrected chi connectivity index (χ0v) is 18.1. The van der Waals surface area contributed by atoms with Crippen LogP contribution in [0.3, 0.4) is 0 Å². The van der Waals surface area contributed by atoms with Crippen LogP contribution in [0.5, 0.6) is 5.75 Å². The topological polar surface area (TPSA) is 99.9 Å². The predicted octanol–water partition coefficient (Wildman–Crippen LogP) is 2.10. The molecule has 3 aromatic rings. The highest BCUT2D eigenvalue weighted by Crippen LogP contribution is 2.35. The number of rotatable bonds is 5. The fraction of sp³-hybridized carbons (Fsp3) is 0.320. The first-order valence-electron chi connectivity index (χ1n) is 10.5. The zero-order chi connectivity index (χ0) is 22.9. The van der Waals surface area contributed by atoms with Gasteiger partial charge in [-0.25, -0.2) is 4.79 Å². The SMILES string of the molecule is Cc1cc(=O)oc2c(C)c(OCC(=O)N3CCC(C(=O)[O-])(c4ccccc4)CC3)ccc12. The normalized spacial score (nSPS) is 15.5. The Bertz CT molecular complexity index is 1220. The number of hydrogen-bond acceptors (Lipinski definition) is 6. The first-order valence-corrected chi connectivity index (χ1v) is 10.5. The Kier molecular flexibility index (Phi) is 5.74. The third-order valence-corrected chi connectivity index (χ3v) is 6.36. The van der Waals surface area contributed by atoms with Gasteiger partial charge in [-0.2, -0.15) is 0 Å². The standard InChI is InChI=1S/C25H25NO6/c1-16-14-22(28)32-23-17(2)20(9-8-19(16)23)31-15-21(27)26-12-10-25(11-13-26,24(29)30)18-6-4-3-5-7-18/h3-9,14H,10-13,15H2,1-2H3,(H,29,30)/p-1. The van der Waals surface area contributed by atoms with Crippen LogP contribution in [0.1, 0.15) is 29.5 Å². The minimum atomic E-state index is -1.12. The van der Waals surface area contributed by atoms with E-state index in [1.807, 2.05) is 13.0 Å². The maximum absolute atomic E-state index is 12.7. The molecule has 0 spiro atoms. The van der Waals surface area contributed by atoms with Crippen molar-refractivity contribution < 1.29 is 23.8 Å². The Labute approximate surface area is 185 Å². The number of likely N-dealkylation sites (tertiary alicyclic amines) is 1. The molecule has 0 N–H and O–H groups in total. The summed E-state index contributed by atoms with van der Waals surface area (Å²) >= 11 is 0. The number of carboxylic acid groups (broad SMARTS) is 1. The van der Waals surface area contributed by atoms with E-state index in [1.165, 1.54) is 6.07 Å². The van der Waals surface area contributed by atoms with E-state index in [9.17, 15) is 19.5 Å². The molecule has 166 valence electrons. The van der Waals surface area contributed by atoms with Crippen LogP contribution in [-0.2, 0) is 15.0 Å². The average Bonchev–Trinajstić information content (AvgIpc) is 2.79. The molecule has 0 bridgehead atoms. The van der Waals surface area contributed by atoms with Crippen LogP contribution in [0.2, 0.25) is 0 Å². The number of benzene rings is 2. The van der Waals surface area contributed by atoms with Crippen molar-refractivity contribution in [1.29, 1.82) is 0 Å². The van der Waals surface area contributed by atoms with Gasteiger partial charge in [-0.15, -0.1) is 0 Å². The summed E-state index contributed by atoms with van der Waals surface area (Å²) in [6, 6.07) is 14.0. The molecule has 4 rings (SSSR count). The van der Waals surface area contributed by atoms with Crippen molar-refractivity contribution >= 4 is 22.8 Å². The number of amides is 1. The Balaban J connectivity index is 1.44. The monoisotopic (exact) mass is 434 g/mol. The lowest BCUT2D eigenvalue weighted by Crippen LogP contribution is -2.54. The fourth-order valence-electron chi connectivity index (χ4n) is 4.39. The molecule has 1 saturated heterocycles. The summed E-state index contributed by atoms with van der Waals surface area (Å²) in [5.74, 6) is -0.879. The second-order valence-electron chi connectivity index (χ2n) is 8.22. The molecule has 0 radical (unpaired) electrons. The second-order valence-corrected chi connectivity index (χ2v) is 8.22. The number of nitrogens with zero attached hydrogens (tertiary/aromatic N) is 1. The highest BCUT2D eigenvalue weighted by atomic mass is 16.5. The maximum atomic E-state index is 12.7. The first kappa shape index (κ1) is 21.6. The summed E-state index contributed by atoms with van der Waals surface area (Å²) in [7, 11) is 0. The van der Waals surface area contributed by atoms with Crippen molar-refractivity contribution in [3.05, 3.63) is 75.6 Å². The number of carbonyl (C=O) groups is 2. The van der Waals surface area contributed by atoms with Crippen LogP contribution in [0.4, 0.5) is 0 Å². The van der Waals surface area contributed by atoms with Crippen LogP contribution in [0.25, 0.3) is 11.0 Å². The molecule has 0 saturated carbocycles. The van der Waals surface area contributed by atoms with E-state index in [0.717, 1.165) is 10.9 Å². The zero-order valence-electron chi connectivity index (χ0n) is 18.1. The van der Waals surface area contributed by atoms with Gasteiger partial charge in [0.15, 0.2) is 6.61 Å². The van der Waals surface area contributed by atoms with E-state index in [2.05, 4.69) is 0 Å². The first-order chi connectivity index (χ1) is 15.3.